The Labute approximate surface area is 160 Å². The van der Waals surface area contributed by atoms with Crippen LogP contribution in [-0.2, 0) is 14.8 Å². The maximum absolute atomic E-state index is 12.7. The number of piperidine rings is 2. The highest BCUT2D eigenvalue weighted by Gasteiger charge is 2.33. The Morgan fingerprint density at radius 1 is 1.04 bits per heavy atom. The zero-order valence-corrected chi connectivity index (χ0v) is 16.6. The lowest BCUT2D eigenvalue weighted by Crippen LogP contribution is -2.48. The summed E-state index contributed by atoms with van der Waals surface area (Å²) in [5.74, 6) is -0.0329. The molecule has 0 aromatic heterocycles. The average molecular weight is 400 g/mol. The van der Waals surface area contributed by atoms with Crippen LogP contribution in [0.3, 0.4) is 0 Å². The van der Waals surface area contributed by atoms with Gasteiger partial charge in [0.25, 0.3) is 0 Å². The molecule has 0 bridgehead atoms. The van der Waals surface area contributed by atoms with E-state index < -0.39 is 10.0 Å². The summed E-state index contributed by atoms with van der Waals surface area (Å²) in [5, 5.41) is 3.66. The number of halogens is 1. The lowest BCUT2D eigenvalue weighted by atomic mass is 9.96. The molecule has 0 saturated carbocycles. The highest BCUT2D eigenvalue weighted by Crippen LogP contribution is 2.25. The highest BCUT2D eigenvalue weighted by atomic mass is 35.5. The molecule has 6 nitrogen and oxygen atoms in total. The summed E-state index contributed by atoms with van der Waals surface area (Å²) in [6.45, 7) is 2.75. The van der Waals surface area contributed by atoms with Crippen LogP contribution in [-0.4, -0.2) is 62.8 Å². The standard InChI is InChI=1S/C18H26ClN3O3S/c1-21-10-8-16(9-11-21)20-18(23)14-6-12-22(13-7-14)26(24,25)17-4-2-15(19)3-5-17/h2-5,14,16H,6-13H2,1H3,(H,20,23). The second-order valence-corrected chi connectivity index (χ2v) is 9.59. The Morgan fingerprint density at radius 3 is 2.19 bits per heavy atom. The van der Waals surface area contributed by atoms with Crippen LogP contribution in [0.2, 0.25) is 5.02 Å². The van der Waals surface area contributed by atoms with Crippen molar-refractivity contribution < 1.29 is 13.2 Å². The third-order valence-electron chi connectivity index (χ3n) is 5.34. The van der Waals surface area contributed by atoms with E-state index in [9.17, 15) is 13.2 Å². The number of amides is 1. The predicted molar refractivity (Wildman–Crippen MR) is 102 cm³/mol. The Balaban J connectivity index is 1.53. The van der Waals surface area contributed by atoms with E-state index >= 15 is 0 Å². The van der Waals surface area contributed by atoms with Crippen molar-refractivity contribution in [3.8, 4) is 0 Å². The van der Waals surface area contributed by atoms with E-state index in [1.54, 1.807) is 12.1 Å². The van der Waals surface area contributed by atoms with Crippen molar-refractivity contribution in [1.29, 1.82) is 0 Å². The molecule has 2 aliphatic heterocycles. The van der Waals surface area contributed by atoms with Gasteiger partial charge in [0.15, 0.2) is 0 Å². The fourth-order valence-corrected chi connectivity index (χ4v) is 5.18. The Kier molecular flexibility index (Phi) is 6.22. The first-order valence-electron chi connectivity index (χ1n) is 9.11. The van der Waals surface area contributed by atoms with Gasteiger partial charge in [0.2, 0.25) is 15.9 Å². The molecule has 0 aliphatic carbocycles. The number of carbonyl (C=O) groups is 1. The number of nitrogens with one attached hydrogen (secondary N) is 1. The number of rotatable bonds is 4. The molecule has 0 radical (unpaired) electrons. The minimum atomic E-state index is -3.52. The molecule has 144 valence electrons. The van der Waals surface area contributed by atoms with Gasteiger partial charge < -0.3 is 10.2 Å². The minimum absolute atomic E-state index is 0.0723. The first kappa shape index (κ1) is 19.6. The first-order valence-corrected chi connectivity index (χ1v) is 10.9. The maximum atomic E-state index is 12.7. The Morgan fingerprint density at radius 2 is 1.62 bits per heavy atom. The van der Waals surface area contributed by atoms with Gasteiger partial charge in [-0.2, -0.15) is 4.31 Å². The highest BCUT2D eigenvalue weighted by molar-refractivity contribution is 7.89. The van der Waals surface area contributed by atoms with E-state index in [4.69, 9.17) is 11.6 Å². The van der Waals surface area contributed by atoms with Gasteiger partial charge >= 0.3 is 0 Å². The van der Waals surface area contributed by atoms with Gasteiger partial charge in [0, 0.05) is 30.1 Å². The number of carbonyl (C=O) groups excluding carboxylic acids is 1. The molecule has 8 heteroatoms. The number of nitrogens with zero attached hydrogens (tertiary/aromatic N) is 2. The van der Waals surface area contributed by atoms with E-state index in [0.29, 0.717) is 31.0 Å². The van der Waals surface area contributed by atoms with Gasteiger partial charge in [-0.25, -0.2) is 8.42 Å². The third kappa shape index (κ3) is 4.57. The molecular formula is C18H26ClN3O3S. The van der Waals surface area contributed by atoms with Gasteiger partial charge in [-0.1, -0.05) is 11.6 Å². The monoisotopic (exact) mass is 399 g/mol. The maximum Gasteiger partial charge on any atom is 0.243 e. The number of hydrogen-bond donors (Lipinski definition) is 1. The molecule has 1 N–H and O–H groups in total. The number of sulfonamides is 1. The summed E-state index contributed by atoms with van der Waals surface area (Å²) in [6.07, 6.45) is 3.08. The third-order valence-corrected chi connectivity index (χ3v) is 7.51. The first-order chi connectivity index (χ1) is 12.4. The van der Waals surface area contributed by atoms with Crippen molar-refractivity contribution in [2.45, 2.75) is 36.6 Å². The summed E-state index contributed by atoms with van der Waals surface area (Å²) >= 11 is 5.83. The van der Waals surface area contributed by atoms with Crippen LogP contribution >= 0.6 is 11.6 Å². The Bertz CT molecular complexity index is 723. The van der Waals surface area contributed by atoms with Gasteiger partial charge in [-0.15, -0.1) is 0 Å². The van der Waals surface area contributed by atoms with E-state index in [0.717, 1.165) is 25.9 Å². The normalized spacial score (nSPS) is 21.6. The molecule has 1 aromatic carbocycles. The number of likely N-dealkylation sites (tertiary alicyclic amines) is 1. The van der Waals surface area contributed by atoms with Crippen molar-refractivity contribution >= 4 is 27.5 Å². The largest absolute Gasteiger partial charge is 0.353 e. The minimum Gasteiger partial charge on any atom is -0.353 e. The zero-order valence-electron chi connectivity index (χ0n) is 15.0. The molecule has 2 heterocycles. The average Bonchev–Trinajstić information content (AvgIpc) is 2.64. The molecular weight excluding hydrogens is 374 g/mol. The summed E-state index contributed by atoms with van der Waals surface area (Å²) in [7, 11) is -1.43. The summed E-state index contributed by atoms with van der Waals surface area (Å²) in [4.78, 5) is 15.0. The fraction of sp³-hybridized carbons (Fsp3) is 0.611. The molecule has 3 rings (SSSR count). The second-order valence-electron chi connectivity index (χ2n) is 7.22. The summed E-state index contributed by atoms with van der Waals surface area (Å²) < 4.78 is 26.9. The quantitative estimate of drug-likeness (QED) is 0.840. The van der Waals surface area contributed by atoms with E-state index in [1.807, 2.05) is 0 Å². The number of hydrogen-bond acceptors (Lipinski definition) is 4. The molecule has 2 saturated heterocycles. The molecule has 1 aromatic rings. The van der Waals surface area contributed by atoms with E-state index in [1.165, 1.54) is 16.4 Å². The van der Waals surface area contributed by atoms with Crippen LogP contribution in [0.15, 0.2) is 29.2 Å². The van der Waals surface area contributed by atoms with Gasteiger partial charge in [-0.3, -0.25) is 4.79 Å². The van der Waals surface area contributed by atoms with Crippen LogP contribution in [0.25, 0.3) is 0 Å². The number of benzene rings is 1. The van der Waals surface area contributed by atoms with Crippen LogP contribution in [0.4, 0.5) is 0 Å². The zero-order chi connectivity index (χ0) is 18.7. The summed E-state index contributed by atoms with van der Waals surface area (Å²) in [6, 6.07) is 6.45. The van der Waals surface area contributed by atoms with Crippen molar-refractivity contribution in [2.24, 2.45) is 5.92 Å². The lowest BCUT2D eigenvalue weighted by Gasteiger charge is -2.33. The molecule has 0 unspecified atom stereocenters. The van der Waals surface area contributed by atoms with Crippen molar-refractivity contribution in [3.05, 3.63) is 29.3 Å². The molecule has 2 fully saturated rings. The van der Waals surface area contributed by atoms with E-state index in [2.05, 4.69) is 17.3 Å². The van der Waals surface area contributed by atoms with Crippen LogP contribution in [0.1, 0.15) is 25.7 Å². The molecule has 26 heavy (non-hydrogen) atoms. The molecule has 0 atom stereocenters. The smallest absolute Gasteiger partial charge is 0.243 e. The molecule has 1 amide bonds. The van der Waals surface area contributed by atoms with Crippen molar-refractivity contribution in [3.63, 3.8) is 0 Å². The van der Waals surface area contributed by atoms with Crippen molar-refractivity contribution in [2.75, 3.05) is 33.2 Å². The Hall–Kier alpha value is -1.15. The van der Waals surface area contributed by atoms with Crippen LogP contribution in [0.5, 0.6) is 0 Å². The SMILES string of the molecule is CN1CCC(NC(=O)C2CCN(S(=O)(=O)c3ccc(Cl)cc3)CC2)CC1. The van der Waals surface area contributed by atoms with Crippen molar-refractivity contribution in [1.82, 2.24) is 14.5 Å². The lowest BCUT2D eigenvalue weighted by molar-refractivity contribution is -0.127. The van der Waals surface area contributed by atoms with Crippen LogP contribution < -0.4 is 5.32 Å². The van der Waals surface area contributed by atoms with Gasteiger partial charge in [0.1, 0.15) is 0 Å². The molecule has 0 spiro atoms. The fourth-order valence-electron chi connectivity index (χ4n) is 3.59. The molecule has 2 aliphatic rings. The second kappa shape index (κ2) is 8.25. The topological polar surface area (TPSA) is 69.7 Å². The van der Waals surface area contributed by atoms with Crippen LogP contribution in [0, 0.1) is 5.92 Å². The van der Waals surface area contributed by atoms with Gasteiger partial charge in [0.05, 0.1) is 4.90 Å². The predicted octanol–water partition coefficient (Wildman–Crippen LogP) is 1.95. The van der Waals surface area contributed by atoms with Gasteiger partial charge in [-0.05, 0) is 70.1 Å². The summed E-state index contributed by atoms with van der Waals surface area (Å²) in [5.41, 5.74) is 0. The van der Waals surface area contributed by atoms with E-state index in [-0.39, 0.29) is 22.8 Å².